The molecule has 1 atom stereocenters. The Bertz CT molecular complexity index is 1320. The molecule has 3 amide bonds. The van der Waals surface area contributed by atoms with E-state index in [0.29, 0.717) is 11.4 Å². The lowest BCUT2D eigenvalue weighted by Gasteiger charge is -2.33. The Kier molecular flexibility index (Phi) is 5.44. The zero-order valence-electron chi connectivity index (χ0n) is 19.3. The van der Waals surface area contributed by atoms with Crippen LogP contribution in [0.3, 0.4) is 0 Å². The highest BCUT2D eigenvalue weighted by Gasteiger charge is 2.61. The van der Waals surface area contributed by atoms with E-state index >= 15 is 0 Å². The zero-order chi connectivity index (χ0) is 24.0. The first-order chi connectivity index (χ1) is 16.3. The van der Waals surface area contributed by atoms with E-state index in [1.165, 1.54) is 16.7 Å². The summed E-state index contributed by atoms with van der Waals surface area (Å²) in [5.41, 5.74) is 5.85. The number of benzene rings is 3. The van der Waals surface area contributed by atoms with E-state index < -0.39 is 4.87 Å². The number of hydrogen-bond acceptors (Lipinski definition) is 4. The lowest BCUT2D eigenvalue weighted by molar-refractivity contribution is -0.124. The van der Waals surface area contributed by atoms with Gasteiger partial charge in [0, 0.05) is 16.9 Å². The van der Waals surface area contributed by atoms with Crippen LogP contribution in [-0.4, -0.2) is 30.0 Å². The molecule has 2 heterocycles. The van der Waals surface area contributed by atoms with E-state index in [-0.39, 0.29) is 30.0 Å². The minimum absolute atomic E-state index is 0.126. The number of hydrogen-bond donors (Lipinski definition) is 1. The second-order valence-corrected chi connectivity index (χ2v) is 9.94. The SMILES string of the molecule is Cc1ccc(N2C(=O)CS[C@@]23C(=O)N(CC(=O)Nc2cc(C)ccc2C)c2ccccc23)cc1. The lowest BCUT2D eigenvalue weighted by atomic mass is 10.0. The highest BCUT2D eigenvalue weighted by Crippen LogP contribution is 2.55. The van der Waals surface area contributed by atoms with Crippen molar-refractivity contribution in [1.29, 1.82) is 0 Å². The molecule has 0 radical (unpaired) electrons. The summed E-state index contributed by atoms with van der Waals surface area (Å²) in [7, 11) is 0. The molecule has 172 valence electrons. The Hall–Kier alpha value is -3.58. The fraction of sp³-hybridized carbons (Fsp3) is 0.222. The van der Waals surface area contributed by atoms with Crippen molar-refractivity contribution in [3.63, 3.8) is 0 Å². The molecule has 1 fully saturated rings. The van der Waals surface area contributed by atoms with Gasteiger partial charge in [-0.1, -0.05) is 48.0 Å². The van der Waals surface area contributed by atoms with E-state index in [4.69, 9.17) is 0 Å². The van der Waals surface area contributed by atoms with Crippen molar-refractivity contribution in [3.8, 4) is 0 Å². The lowest BCUT2D eigenvalue weighted by Crippen LogP contribution is -2.50. The van der Waals surface area contributed by atoms with Crippen LogP contribution in [0.2, 0.25) is 0 Å². The van der Waals surface area contributed by atoms with Gasteiger partial charge in [-0.25, -0.2) is 0 Å². The second-order valence-electron chi connectivity index (χ2n) is 8.77. The first-order valence-corrected chi connectivity index (χ1v) is 12.1. The Labute approximate surface area is 202 Å². The normalized spacial score (nSPS) is 19.1. The molecular weight excluding hydrogens is 446 g/mol. The molecule has 0 aromatic heterocycles. The van der Waals surface area contributed by atoms with Crippen LogP contribution in [-0.2, 0) is 19.3 Å². The number of nitrogens with zero attached hydrogens (tertiary/aromatic N) is 2. The third-order valence-corrected chi connectivity index (χ3v) is 7.71. The number of para-hydroxylation sites is 1. The van der Waals surface area contributed by atoms with E-state index in [1.54, 1.807) is 4.90 Å². The van der Waals surface area contributed by atoms with Crippen molar-refractivity contribution < 1.29 is 14.4 Å². The molecule has 1 saturated heterocycles. The van der Waals surface area contributed by atoms with Crippen LogP contribution in [0.25, 0.3) is 0 Å². The number of carbonyl (C=O) groups excluding carboxylic acids is 3. The van der Waals surface area contributed by atoms with Crippen LogP contribution in [0, 0.1) is 20.8 Å². The number of amides is 3. The molecule has 5 rings (SSSR count). The monoisotopic (exact) mass is 471 g/mol. The number of rotatable bonds is 4. The minimum atomic E-state index is -1.22. The summed E-state index contributed by atoms with van der Waals surface area (Å²) >= 11 is 1.31. The van der Waals surface area contributed by atoms with Gasteiger partial charge in [-0.15, -0.1) is 11.8 Å². The third-order valence-electron chi connectivity index (χ3n) is 6.32. The standard InChI is InChI=1S/C27H25N3O3S/c1-17-9-12-20(13-10-17)30-25(32)16-34-27(30)21-6-4-5-7-23(21)29(26(27)33)15-24(31)28-22-14-18(2)8-11-19(22)3/h4-14H,15-16H2,1-3H3,(H,28,31)/t27-/m0/s1. The van der Waals surface area contributed by atoms with Crippen molar-refractivity contribution >= 4 is 46.5 Å². The fourth-order valence-corrected chi connectivity index (χ4v) is 5.97. The van der Waals surface area contributed by atoms with Crippen LogP contribution in [0.4, 0.5) is 17.1 Å². The van der Waals surface area contributed by atoms with Gasteiger partial charge >= 0.3 is 0 Å². The van der Waals surface area contributed by atoms with E-state index in [0.717, 1.165) is 27.9 Å². The van der Waals surface area contributed by atoms with Crippen LogP contribution >= 0.6 is 11.8 Å². The smallest absolute Gasteiger partial charge is 0.269 e. The van der Waals surface area contributed by atoms with Crippen molar-refractivity contribution in [1.82, 2.24) is 0 Å². The molecule has 7 heteroatoms. The number of fused-ring (bicyclic) bond motifs is 2. The maximum atomic E-state index is 14.0. The largest absolute Gasteiger partial charge is 0.324 e. The van der Waals surface area contributed by atoms with Gasteiger partial charge in [0.2, 0.25) is 16.7 Å². The number of anilines is 3. The molecule has 1 spiro atoms. The molecular formula is C27H25N3O3S. The first kappa shape index (κ1) is 22.2. The molecule has 34 heavy (non-hydrogen) atoms. The van der Waals surface area contributed by atoms with E-state index in [9.17, 15) is 14.4 Å². The predicted octanol–water partition coefficient (Wildman–Crippen LogP) is 4.53. The summed E-state index contributed by atoms with van der Waals surface area (Å²) in [5, 5.41) is 2.95. The maximum Gasteiger partial charge on any atom is 0.269 e. The topological polar surface area (TPSA) is 69.7 Å². The highest BCUT2D eigenvalue weighted by molar-refractivity contribution is 8.02. The van der Waals surface area contributed by atoms with Gasteiger partial charge in [0.15, 0.2) is 0 Å². The molecule has 3 aromatic carbocycles. The van der Waals surface area contributed by atoms with E-state index in [1.807, 2.05) is 87.5 Å². The quantitative estimate of drug-likeness (QED) is 0.607. The summed E-state index contributed by atoms with van der Waals surface area (Å²) in [5.74, 6) is -0.499. The molecule has 0 unspecified atom stereocenters. The van der Waals surface area contributed by atoms with Crippen molar-refractivity contribution in [2.24, 2.45) is 0 Å². The molecule has 0 bridgehead atoms. The fourth-order valence-electron chi connectivity index (χ4n) is 4.61. The Balaban J connectivity index is 1.51. The van der Waals surface area contributed by atoms with Gasteiger partial charge in [0.1, 0.15) is 6.54 Å². The van der Waals surface area contributed by atoms with Crippen LogP contribution in [0.1, 0.15) is 22.3 Å². The first-order valence-electron chi connectivity index (χ1n) is 11.1. The second kappa shape index (κ2) is 8.33. The third kappa shape index (κ3) is 3.47. The summed E-state index contributed by atoms with van der Waals surface area (Å²) in [6, 6.07) is 20.9. The molecule has 1 N–H and O–H groups in total. The van der Waals surface area contributed by atoms with E-state index in [2.05, 4.69) is 5.32 Å². The van der Waals surface area contributed by atoms with Gasteiger partial charge in [0.25, 0.3) is 5.91 Å². The van der Waals surface area contributed by atoms with Crippen molar-refractivity contribution in [2.75, 3.05) is 27.4 Å². The summed E-state index contributed by atoms with van der Waals surface area (Å²) in [6.45, 7) is 5.74. The zero-order valence-corrected chi connectivity index (χ0v) is 20.1. The van der Waals surface area contributed by atoms with Crippen molar-refractivity contribution in [2.45, 2.75) is 25.6 Å². The average Bonchev–Trinajstić information content (AvgIpc) is 3.28. The van der Waals surface area contributed by atoms with Crippen LogP contribution in [0.15, 0.2) is 66.7 Å². The van der Waals surface area contributed by atoms with Gasteiger partial charge in [-0.05, 0) is 56.2 Å². The van der Waals surface area contributed by atoms with Gasteiger partial charge in [-0.3, -0.25) is 24.2 Å². The molecule has 3 aromatic rings. The number of carbonyl (C=O) groups is 3. The van der Waals surface area contributed by atoms with Gasteiger partial charge in [0.05, 0.1) is 11.4 Å². The van der Waals surface area contributed by atoms with Crippen LogP contribution in [0.5, 0.6) is 0 Å². The highest BCUT2D eigenvalue weighted by atomic mass is 32.2. The molecule has 6 nitrogen and oxygen atoms in total. The molecule has 2 aliphatic heterocycles. The Morgan fingerprint density at radius 3 is 2.44 bits per heavy atom. The average molecular weight is 472 g/mol. The number of thioether (sulfide) groups is 1. The summed E-state index contributed by atoms with van der Waals surface area (Å²) in [4.78, 5) is 42.0. The summed E-state index contributed by atoms with van der Waals surface area (Å²) < 4.78 is 0. The number of nitrogens with one attached hydrogen (secondary N) is 1. The minimum Gasteiger partial charge on any atom is -0.324 e. The van der Waals surface area contributed by atoms with Crippen molar-refractivity contribution in [3.05, 3.63) is 89.0 Å². The number of aryl methyl sites for hydroxylation is 3. The maximum absolute atomic E-state index is 14.0. The summed E-state index contributed by atoms with van der Waals surface area (Å²) in [6.07, 6.45) is 0. The Morgan fingerprint density at radius 1 is 0.971 bits per heavy atom. The van der Waals surface area contributed by atoms with Gasteiger partial charge < -0.3 is 5.32 Å². The molecule has 0 saturated carbocycles. The predicted molar refractivity (Wildman–Crippen MR) is 136 cm³/mol. The molecule has 2 aliphatic rings. The molecule has 0 aliphatic carbocycles. The van der Waals surface area contributed by atoms with Gasteiger partial charge in [-0.2, -0.15) is 0 Å². The van der Waals surface area contributed by atoms with Crippen LogP contribution < -0.4 is 15.1 Å². The Morgan fingerprint density at radius 2 is 1.68 bits per heavy atom.